The van der Waals surface area contributed by atoms with Gasteiger partial charge in [0.1, 0.15) is 5.82 Å². The molecule has 0 atom stereocenters. The second kappa shape index (κ2) is 5.71. The zero-order valence-corrected chi connectivity index (χ0v) is 12.6. The summed E-state index contributed by atoms with van der Waals surface area (Å²) in [6.07, 6.45) is 2.49. The summed E-state index contributed by atoms with van der Waals surface area (Å²) in [5.74, 6) is 1.92. The second-order valence-electron chi connectivity index (χ2n) is 4.98. The van der Waals surface area contributed by atoms with E-state index in [1.165, 1.54) is 12.8 Å². The SMILES string of the molecule is Nc1ccc(Nc2ccc(Br)cc2)nc1OCC1CC1. The Labute approximate surface area is 126 Å². The maximum atomic E-state index is 5.89. The van der Waals surface area contributed by atoms with Crippen molar-refractivity contribution in [2.24, 2.45) is 5.92 Å². The summed E-state index contributed by atoms with van der Waals surface area (Å²) in [6, 6.07) is 11.6. The number of nitrogen functional groups attached to an aromatic ring is 1. The topological polar surface area (TPSA) is 60.2 Å². The van der Waals surface area contributed by atoms with E-state index in [1.54, 1.807) is 0 Å². The summed E-state index contributed by atoms with van der Waals surface area (Å²) >= 11 is 3.41. The van der Waals surface area contributed by atoms with Crippen molar-refractivity contribution in [1.29, 1.82) is 0 Å². The van der Waals surface area contributed by atoms with Gasteiger partial charge in [0.05, 0.1) is 12.3 Å². The maximum Gasteiger partial charge on any atom is 0.239 e. The summed E-state index contributed by atoms with van der Waals surface area (Å²) in [5.41, 5.74) is 7.43. The highest BCUT2D eigenvalue weighted by molar-refractivity contribution is 9.10. The molecule has 1 aliphatic carbocycles. The Morgan fingerprint density at radius 2 is 1.95 bits per heavy atom. The Bertz CT molecular complexity index is 597. The van der Waals surface area contributed by atoms with E-state index < -0.39 is 0 Å². The van der Waals surface area contributed by atoms with Crippen molar-refractivity contribution >= 4 is 33.1 Å². The minimum atomic E-state index is 0.513. The molecule has 1 fully saturated rings. The summed E-state index contributed by atoms with van der Waals surface area (Å²) < 4.78 is 6.72. The first-order valence-corrected chi connectivity index (χ1v) is 7.42. The number of anilines is 3. The lowest BCUT2D eigenvalue weighted by Gasteiger charge is -2.10. The van der Waals surface area contributed by atoms with Crippen LogP contribution in [0.1, 0.15) is 12.8 Å². The Morgan fingerprint density at radius 3 is 2.65 bits per heavy atom. The van der Waals surface area contributed by atoms with Crippen molar-refractivity contribution in [3.8, 4) is 5.88 Å². The van der Waals surface area contributed by atoms with Gasteiger partial charge in [0.2, 0.25) is 5.88 Å². The van der Waals surface area contributed by atoms with Gasteiger partial charge in [-0.3, -0.25) is 0 Å². The molecular weight excluding hydrogens is 318 g/mol. The number of nitrogens with zero attached hydrogens (tertiary/aromatic N) is 1. The van der Waals surface area contributed by atoms with Crippen LogP contribution in [0, 0.1) is 5.92 Å². The van der Waals surface area contributed by atoms with E-state index in [2.05, 4.69) is 26.2 Å². The predicted molar refractivity (Wildman–Crippen MR) is 84.3 cm³/mol. The van der Waals surface area contributed by atoms with Crippen LogP contribution in [0.4, 0.5) is 17.2 Å². The lowest BCUT2D eigenvalue weighted by Crippen LogP contribution is -2.05. The quantitative estimate of drug-likeness (QED) is 0.869. The normalized spacial score (nSPS) is 14.1. The van der Waals surface area contributed by atoms with Crippen LogP contribution < -0.4 is 15.8 Å². The van der Waals surface area contributed by atoms with Crippen molar-refractivity contribution in [1.82, 2.24) is 4.98 Å². The molecule has 20 heavy (non-hydrogen) atoms. The number of pyridine rings is 1. The molecule has 0 unspecified atom stereocenters. The van der Waals surface area contributed by atoms with Crippen LogP contribution in [0.3, 0.4) is 0 Å². The van der Waals surface area contributed by atoms with Crippen LogP contribution in [0.15, 0.2) is 40.9 Å². The van der Waals surface area contributed by atoms with Gasteiger partial charge >= 0.3 is 0 Å². The Morgan fingerprint density at radius 1 is 1.20 bits per heavy atom. The third-order valence-corrected chi connectivity index (χ3v) is 3.69. The molecule has 0 aliphatic heterocycles. The van der Waals surface area contributed by atoms with E-state index in [0.29, 0.717) is 24.1 Å². The summed E-state index contributed by atoms with van der Waals surface area (Å²) in [6.45, 7) is 0.707. The average molecular weight is 334 g/mol. The van der Waals surface area contributed by atoms with Crippen molar-refractivity contribution in [3.05, 3.63) is 40.9 Å². The number of nitrogens with one attached hydrogen (secondary N) is 1. The molecule has 1 aromatic heterocycles. The zero-order chi connectivity index (χ0) is 13.9. The van der Waals surface area contributed by atoms with Gasteiger partial charge in [-0.1, -0.05) is 15.9 Å². The molecule has 0 spiro atoms. The lowest BCUT2D eigenvalue weighted by atomic mass is 10.3. The van der Waals surface area contributed by atoms with Gasteiger partial charge in [-0.2, -0.15) is 4.98 Å². The first-order valence-electron chi connectivity index (χ1n) is 6.62. The Hall–Kier alpha value is -1.75. The number of hydrogen-bond acceptors (Lipinski definition) is 4. The van der Waals surface area contributed by atoms with Crippen molar-refractivity contribution < 1.29 is 4.74 Å². The number of halogens is 1. The van der Waals surface area contributed by atoms with Crippen LogP contribution in [0.5, 0.6) is 5.88 Å². The molecule has 1 aliphatic rings. The number of aromatic nitrogens is 1. The van der Waals surface area contributed by atoms with E-state index in [1.807, 2.05) is 36.4 Å². The molecule has 3 N–H and O–H groups in total. The number of ether oxygens (including phenoxy) is 1. The van der Waals surface area contributed by atoms with E-state index in [-0.39, 0.29) is 0 Å². The predicted octanol–water partition coefficient (Wildman–Crippen LogP) is 3.96. The van der Waals surface area contributed by atoms with Crippen molar-refractivity contribution in [2.45, 2.75) is 12.8 Å². The molecule has 104 valence electrons. The van der Waals surface area contributed by atoms with Crippen LogP contribution in [0.25, 0.3) is 0 Å². The van der Waals surface area contributed by atoms with Gasteiger partial charge in [-0.25, -0.2) is 0 Å². The molecule has 0 saturated heterocycles. The van der Waals surface area contributed by atoms with E-state index >= 15 is 0 Å². The minimum Gasteiger partial charge on any atom is -0.476 e. The average Bonchev–Trinajstić information content (AvgIpc) is 3.26. The molecule has 2 aromatic rings. The fraction of sp³-hybridized carbons (Fsp3) is 0.267. The third kappa shape index (κ3) is 3.42. The van der Waals surface area contributed by atoms with Gasteiger partial charge in [-0.15, -0.1) is 0 Å². The zero-order valence-electron chi connectivity index (χ0n) is 11.0. The van der Waals surface area contributed by atoms with Crippen LogP contribution in [-0.2, 0) is 0 Å². The highest BCUT2D eigenvalue weighted by Crippen LogP contribution is 2.31. The first kappa shape index (κ1) is 13.2. The minimum absolute atomic E-state index is 0.513. The second-order valence-corrected chi connectivity index (χ2v) is 5.89. The molecule has 0 radical (unpaired) electrons. The fourth-order valence-electron chi connectivity index (χ4n) is 1.80. The lowest BCUT2D eigenvalue weighted by molar-refractivity contribution is 0.290. The fourth-order valence-corrected chi connectivity index (χ4v) is 2.06. The van der Waals surface area contributed by atoms with Gasteiger partial charge in [0, 0.05) is 10.2 Å². The molecule has 0 bridgehead atoms. The van der Waals surface area contributed by atoms with Crippen LogP contribution in [0.2, 0.25) is 0 Å². The molecule has 4 nitrogen and oxygen atoms in total. The highest BCUT2D eigenvalue weighted by atomic mass is 79.9. The number of rotatable bonds is 5. The Kier molecular flexibility index (Phi) is 3.78. The Balaban J connectivity index is 1.71. The molecule has 3 rings (SSSR count). The molecule has 5 heteroatoms. The largest absolute Gasteiger partial charge is 0.476 e. The summed E-state index contributed by atoms with van der Waals surface area (Å²) in [4.78, 5) is 4.42. The van der Waals surface area contributed by atoms with E-state index in [0.717, 1.165) is 16.0 Å². The third-order valence-electron chi connectivity index (χ3n) is 3.16. The van der Waals surface area contributed by atoms with E-state index in [9.17, 15) is 0 Å². The van der Waals surface area contributed by atoms with Crippen LogP contribution in [-0.4, -0.2) is 11.6 Å². The highest BCUT2D eigenvalue weighted by Gasteiger charge is 2.22. The van der Waals surface area contributed by atoms with Crippen LogP contribution >= 0.6 is 15.9 Å². The molecule has 1 saturated carbocycles. The number of benzene rings is 1. The first-order chi connectivity index (χ1) is 9.70. The molecule has 0 amide bonds. The van der Waals surface area contributed by atoms with Gasteiger partial charge in [0.25, 0.3) is 0 Å². The molecule has 1 heterocycles. The van der Waals surface area contributed by atoms with Gasteiger partial charge in [-0.05, 0) is 55.2 Å². The maximum absolute atomic E-state index is 5.89. The summed E-state index contributed by atoms with van der Waals surface area (Å²) in [7, 11) is 0. The van der Waals surface area contributed by atoms with E-state index in [4.69, 9.17) is 10.5 Å². The monoisotopic (exact) mass is 333 g/mol. The molecular formula is C15H16BrN3O. The molecule has 1 aromatic carbocycles. The number of nitrogens with two attached hydrogens (primary N) is 1. The smallest absolute Gasteiger partial charge is 0.239 e. The van der Waals surface area contributed by atoms with Gasteiger partial charge < -0.3 is 15.8 Å². The van der Waals surface area contributed by atoms with Crippen molar-refractivity contribution in [3.63, 3.8) is 0 Å². The van der Waals surface area contributed by atoms with Gasteiger partial charge in [0.15, 0.2) is 0 Å². The summed E-state index contributed by atoms with van der Waals surface area (Å²) in [5, 5.41) is 3.23. The standard InChI is InChI=1S/C15H16BrN3O/c16-11-3-5-12(6-4-11)18-14-8-7-13(17)15(19-14)20-9-10-1-2-10/h3-8,10H,1-2,9,17H2,(H,18,19). The number of hydrogen-bond donors (Lipinski definition) is 2. The van der Waals surface area contributed by atoms with Crippen molar-refractivity contribution in [2.75, 3.05) is 17.7 Å².